The summed E-state index contributed by atoms with van der Waals surface area (Å²) in [6.07, 6.45) is -4.11. The fraction of sp³-hybridized carbons (Fsp3) is 0.250. The van der Waals surface area contributed by atoms with Crippen molar-refractivity contribution in [1.29, 1.82) is 0 Å². The SMILES string of the molecule is Cl.NCCC1CNC(=O)c2cc(-c3cccc(OC(F)(F)F)c3)c(-c3ccsc3)n21. The Morgan fingerprint density at radius 3 is 2.70 bits per heavy atom. The number of hydrogen-bond acceptors (Lipinski definition) is 4. The van der Waals surface area contributed by atoms with Crippen molar-refractivity contribution in [3.63, 3.8) is 0 Å². The number of carbonyl (C=O) groups is 1. The number of hydrogen-bond donors (Lipinski definition) is 2. The van der Waals surface area contributed by atoms with Gasteiger partial charge in [0.25, 0.3) is 5.91 Å². The van der Waals surface area contributed by atoms with Crippen LogP contribution in [0.5, 0.6) is 5.75 Å². The van der Waals surface area contributed by atoms with Crippen molar-refractivity contribution in [2.75, 3.05) is 13.1 Å². The summed E-state index contributed by atoms with van der Waals surface area (Å²) < 4.78 is 44.0. The van der Waals surface area contributed by atoms with Crippen molar-refractivity contribution in [2.45, 2.75) is 18.8 Å². The molecule has 0 aliphatic carbocycles. The molecule has 3 aromatic rings. The van der Waals surface area contributed by atoms with Crippen LogP contribution in [0.2, 0.25) is 0 Å². The minimum absolute atomic E-state index is 0. The number of thiophene rings is 1. The predicted octanol–water partition coefficient (Wildman–Crippen LogP) is 4.84. The van der Waals surface area contributed by atoms with Gasteiger partial charge in [0.05, 0.1) is 11.7 Å². The van der Waals surface area contributed by atoms with E-state index in [1.54, 1.807) is 12.1 Å². The molecule has 160 valence electrons. The van der Waals surface area contributed by atoms with Crippen molar-refractivity contribution in [2.24, 2.45) is 5.73 Å². The van der Waals surface area contributed by atoms with Gasteiger partial charge in [0, 0.05) is 23.1 Å². The van der Waals surface area contributed by atoms with E-state index in [-0.39, 0.29) is 30.1 Å². The summed E-state index contributed by atoms with van der Waals surface area (Å²) in [6.45, 7) is 0.900. The lowest BCUT2D eigenvalue weighted by molar-refractivity contribution is -0.274. The van der Waals surface area contributed by atoms with E-state index >= 15 is 0 Å². The Bertz CT molecular complexity index is 1030. The Morgan fingerprint density at radius 2 is 2.03 bits per heavy atom. The molecule has 1 aromatic carbocycles. The first-order chi connectivity index (χ1) is 13.9. The first kappa shape index (κ1) is 22.2. The predicted molar refractivity (Wildman–Crippen MR) is 112 cm³/mol. The van der Waals surface area contributed by atoms with E-state index in [1.165, 1.54) is 29.5 Å². The maximum atomic E-state index is 12.7. The van der Waals surface area contributed by atoms with Crippen LogP contribution in [0.15, 0.2) is 47.2 Å². The molecule has 3 heterocycles. The largest absolute Gasteiger partial charge is 0.573 e. The Kier molecular flexibility index (Phi) is 6.44. The number of alkyl halides is 3. The number of amides is 1. The van der Waals surface area contributed by atoms with Gasteiger partial charge in [-0.3, -0.25) is 4.79 Å². The molecule has 1 unspecified atom stereocenters. The molecule has 0 fully saturated rings. The van der Waals surface area contributed by atoms with Crippen molar-refractivity contribution < 1.29 is 22.7 Å². The molecule has 0 saturated heterocycles. The molecule has 2 aromatic heterocycles. The van der Waals surface area contributed by atoms with Crippen LogP contribution < -0.4 is 15.8 Å². The molecule has 10 heteroatoms. The number of carbonyl (C=O) groups excluding carboxylic acids is 1. The maximum absolute atomic E-state index is 12.7. The van der Waals surface area contributed by atoms with Gasteiger partial charge < -0.3 is 20.4 Å². The molecule has 1 aliphatic heterocycles. The lowest BCUT2D eigenvalue weighted by Gasteiger charge is -2.28. The number of nitrogens with zero attached hydrogens (tertiary/aromatic N) is 1. The molecule has 3 N–H and O–H groups in total. The summed E-state index contributed by atoms with van der Waals surface area (Å²) in [7, 11) is 0. The molecule has 30 heavy (non-hydrogen) atoms. The fourth-order valence-electron chi connectivity index (χ4n) is 3.67. The van der Waals surface area contributed by atoms with Crippen LogP contribution in [-0.4, -0.2) is 29.9 Å². The molecule has 1 amide bonds. The van der Waals surface area contributed by atoms with Crippen LogP contribution in [0.25, 0.3) is 22.4 Å². The normalized spacial score (nSPS) is 15.9. The second-order valence-corrected chi connectivity index (χ2v) is 7.47. The second kappa shape index (κ2) is 8.71. The van der Waals surface area contributed by atoms with Gasteiger partial charge in [-0.15, -0.1) is 25.6 Å². The number of ether oxygens (including phenoxy) is 1. The zero-order valence-electron chi connectivity index (χ0n) is 15.6. The van der Waals surface area contributed by atoms with E-state index in [2.05, 4.69) is 10.1 Å². The zero-order chi connectivity index (χ0) is 20.6. The van der Waals surface area contributed by atoms with Crippen LogP contribution in [0.3, 0.4) is 0 Å². The van der Waals surface area contributed by atoms with Gasteiger partial charge >= 0.3 is 6.36 Å². The smallest absolute Gasteiger partial charge is 0.406 e. The van der Waals surface area contributed by atoms with E-state index in [9.17, 15) is 18.0 Å². The summed E-state index contributed by atoms with van der Waals surface area (Å²) in [5, 5.41) is 6.74. The molecule has 0 radical (unpaired) electrons. The Morgan fingerprint density at radius 1 is 1.23 bits per heavy atom. The number of benzene rings is 1. The lowest BCUT2D eigenvalue weighted by atomic mass is 10.0. The number of halogens is 4. The van der Waals surface area contributed by atoms with E-state index in [0.717, 1.165) is 11.3 Å². The summed E-state index contributed by atoms with van der Waals surface area (Å²) in [5.74, 6) is -0.526. The van der Waals surface area contributed by atoms with Gasteiger partial charge in [-0.1, -0.05) is 12.1 Å². The monoisotopic (exact) mass is 457 g/mol. The van der Waals surface area contributed by atoms with Gasteiger partial charge in [-0.2, -0.15) is 11.3 Å². The molecule has 1 aliphatic rings. The Hall–Kier alpha value is -2.49. The van der Waals surface area contributed by atoms with Gasteiger partial charge in [-0.25, -0.2) is 0 Å². The van der Waals surface area contributed by atoms with Gasteiger partial charge in [0.2, 0.25) is 0 Å². The third-order valence-corrected chi connectivity index (χ3v) is 5.49. The molecule has 1 atom stereocenters. The highest BCUT2D eigenvalue weighted by molar-refractivity contribution is 7.08. The fourth-order valence-corrected chi connectivity index (χ4v) is 4.31. The number of fused-ring (bicyclic) bond motifs is 1. The van der Waals surface area contributed by atoms with Crippen molar-refractivity contribution in [3.05, 3.63) is 52.9 Å². The van der Waals surface area contributed by atoms with Crippen molar-refractivity contribution >= 4 is 29.7 Å². The quantitative estimate of drug-likeness (QED) is 0.576. The Labute approximate surface area is 181 Å². The molecular weight excluding hydrogens is 439 g/mol. The third kappa shape index (κ3) is 4.33. The average molecular weight is 458 g/mol. The third-order valence-electron chi connectivity index (χ3n) is 4.81. The highest BCUT2D eigenvalue weighted by Crippen LogP contribution is 2.41. The molecular formula is C20H19ClF3N3O2S. The second-order valence-electron chi connectivity index (χ2n) is 6.69. The molecule has 0 bridgehead atoms. The van der Waals surface area contributed by atoms with E-state index < -0.39 is 6.36 Å². The average Bonchev–Trinajstić information content (AvgIpc) is 3.30. The van der Waals surface area contributed by atoms with Crippen LogP contribution in [0.1, 0.15) is 23.0 Å². The molecule has 5 nitrogen and oxygen atoms in total. The molecule has 4 rings (SSSR count). The Balaban J connectivity index is 0.00000256. The van der Waals surface area contributed by atoms with Crippen molar-refractivity contribution in [3.8, 4) is 28.1 Å². The number of aromatic nitrogens is 1. The van der Waals surface area contributed by atoms with E-state index in [4.69, 9.17) is 5.73 Å². The summed E-state index contributed by atoms with van der Waals surface area (Å²) >= 11 is 1.51. The molecule has 0 saturated carbocycles. The maximum Gasteiger partial charge on any atom is 0.573 e. The number of nitrogens with one attached hydrogen (secondary N) is 1. The first-order valence-electron chi connectivity index (χ1n) is 8.99. The highest BCUT2D eigenvalue weighted by Gasteiger charge is 2.32. The standard InChI is InChI=1S/C20H18F3N3O2S.ClH/c21-20(22,23)28-15-3-1-2-12(8-15)16-9-17-19(27)25-10-14(4-6-24)26(17)18(16)13-5-7-29-11-13;/h1-3,5,7-9,11,14H,4,6,10,24H2,(H,25,27);1H. The number of nitrogens with two attached hydrogens (primary N) is 1. The number of rotatable bonds is 5. The van der Waals surface area contributed by atoms with Gasteiger partial charge in [0.15, 0.2) is 0 Å². The van der Waals surface area contributed by atoms with Crippen LogP contribution >= 0.6 is 23.7 Å². The van der Waals surface area contributed by atoms with Gasteiger partial charge in [-0.05, 0) is 48.2 Å². The minimum Gasteiger partial charge on any atom is -0.406 e. The van der Waals surface area contributed by atoms with E-state index in [1.807, 2.05) is 21.4 Å². The minimum atomic E-state index is -4.78. The topological polar surface area (TPSA) is 69.3 Å². The highest BCUT2D eigenvalue weighted by atomic mass is 35.5. The first-order valence-corrected chi connectivity index (χ1v) is 9.94. The van der Waals surface area contributed by atoms with Gasteiger partial charge in [0.1, 0.15) is 11.4 Å². The van der Waals surface area contributed by atoms with Crippen LogP contribution in [0.4, 0.5) is 13.2 Å². The van der Waals surface area contributed by atoms with Crippen LogP contribution in [0, 0.1) is 0 Å². The summed E-state index contributed by atoms with van der Waals surface area (Å²) in [5.41, 5.74) is 9.13. The van der Waals surface area contributed by atoms with Crippen LogP contribution in [-0.2, 0) is 0 Å². The summed E-state index contributed by atoms with van der Waals surface area (Å²) in [4.78, 5) is 12.5. The zero-order valence-corrected chi connectivity index (χ0v) is 17.2. The van der Waals surface area contributed by atoms with E-state index in [0.29, 0.717) is 36.3 Å². The summed E-state index contributed by atoms with van der Waals surface area (Å²) in [6, 6.07) is 9.40. The van der Waals surface area contributed by atoms with Crippen molar-refractivity contribution in [1.82, 2.24) is 9.88 Å². The molecule has 0 spiro atoms. The lowest BCUT2D eigenvalue weighted by Crippen LogP contribution is -2.39.